The van der Waals surface area contributed by atoms with Gasteiger partial charge in [0, 0.05) is 17.8 Å². The molecular weight excluding hydrogens is 388 g/mol. The number of rotatable bonds is 10. The molecule has 6 nitrogen and oxygen atoms in total. The summed E-state index contributed by atoms with van der Waals surface area (Å²) in [7, 11) is -3.38. The molecule has 2 rings (SSSR count). The van der Waals surface area contributed by atoms with Crippen LogP contribution in [0.4, 0.5) is 5.69 Å². The number of sulfone groups is 1. The van der Waals surface area contributed by atoms with Gasteiger partial charge in [0.05, 0.1) is 5.75 Å². The molecular formula is C22H28N2O4S. The summed E-state index contributed by atoms with van der Waals surface area (Å²) >= 11 is 0. The van der Waals surface area contributed by atoms with E-state index in [9.17, 15) is 18.0 Å². The van der Waals surface area contributed by atoms with Crippen molar-refractivity contribution in [3.63, 3.8) is 0 Å². The number of aryl methyl sites for hydroxylation is 1. The van der Waals surface area contributed by atoms with Crippen LogP contribution in [-0.4, -0.2) is 31.7 Å². The Hall–Kier alpha value is -2.67. The number of benzene rings is 2. The standard InChI is InChI=1S/C22H28N2O4S/c1-3-4-5-13-29(27,28)16-21(25)23-15-18-7-6-8-20(14-18)24-22(26)19-11-9-17(2)10-12-19/h6-12,14H,3-5,13,15-16H2,1-2H3,(H,23,25)(H,24,26). The highest BCUT2D eigenvalue weighted by Crippen LogP contribution is 2.13. The molecule has 0 bridgehead atoms. The molecule has 0 aromatic heterocycles. The van der Waals surface area contributed by atoms with Crippen molar-refractivity contribution in [2.75, 3.05) is 16.8 Å². The van der Waals surface area contributed by atoms with E-state index >= 15 is 0 Å². The first-order valence-electron chi connectivity index (χ1n) is 9.73. The highest BCUT2D eigenvalue weighted by atomic mass is 32.2. The lowest BCUT2D eigenvalue weighted by Crippen LogP contribution is -2.31. The van der Waals surface area contributed by atoms with Crippen LogP contribution in [0, 0.1) is 6.92 Å². The number of anilines is 1. The first-order chi connectivity index (χ1) is 13.8. The Morgan fingerprint density at radius 2 is 1.72 bits per heavy atom. The van der Waals surface area contributed by atoms with Crippen molar-refractivity contribution in [2.45, 2.75) is 39.7 Å². The van der Waals surface area contributed by atoms with Crippen LogP contribution in [-0.2, 0) is 21.2 Å². The van der Waals surface area contributed by atoms with Crippen molar-refractivity contribution in [1.29, 1.82) is 0 Å². The Balaban J connectivity index is 1.88. The SMILES string of the molecule is CCCCCS(=O)(=O)CC(=O)NCc1cccc(NC(=O)c2ccc(C)cc2)c1. The van der Waals surface area contributed by atoms with Crippen molar-refractivity contribution >= 4 is 27.3 Å². The summed E-state index contributed by atoms with van der Waals surface area (Å²) in [5.41, 5.74) is 3.01. The summed E-state index contributed by atoms with van der Waals surface area (Å²) < 4.78 is 23.9. The molecule has 29 heavy (non-hydrogen) atoms. The lowest BCUT2D eigenvalue weighted by atomic mass is 10.1. The van der Waals surface area contributed by atoms with Crippen molar-refractivity contribution in [3.8, 4) is 0 Å². The van der Waals surface area contributed by atoms with Crippen LogP contribution in [0.3, 0.4) is 0 Å². The van der Waals surface area contributed by atoms with Crippen LogP contribution < -0.4 is 10.6 Å². The Labute approximate surface area is 172 Å². The number of hydrogen-bond acceptors (Lipinski definition) is 4. The monoisotopic (exact) mass is 416 g/mol. The van der Waals surface area contributed by atoms with Gasteiger partial charge in [0.2, 0.25) is 5.91 Å². The highest BCUT2D eigenvalue weighted by Gasteiger charge is 2.16. The molecule has 2 N–H and O–H groups in total. The molecule has 0 spiro atoms. The fourth-order valence-electron chi connectivity index (χ4n) is 2.76. The summed E-state index contributed by atoms with van der Waals surface area (Å²) in [6, 6.07) is 14.3. The predicted octanol–water partition coefficient (Wildman–Crippen LogP) is 3.47. The summed E-state index contributed by atoms with van der Waals surface area (Å²) in [6.07, 6.45) is 2.34. The van der Waals surface area contributed by atoms with E-state index in [-0.39, 0.29) is 18.2 Å². The fraction of sp³-hybridized carbons (Fsp3) is 0.364. The van der Waals surface area contributed by atoms with Gasteiger partial charge < -0.3 is 10.6 Å². The van der Waals surface area contributed by atoms with Gasteiger partial charge in [-0.3, -0.25) is 9.59 Å². The molecule has 2 aromatic carbocycles. The zero-order valence-electron chi connectivity index (χ0n) is 16.9. The summed E-state index contributed by atoms with van der Waals surface area (Å²) in [6.45, 7) is 4.14. The van der Waals surface area contributed by atoms with Crippen molar-refractivity contribution in [1.82, 2.24) is 5.32 Å². The maximum Gasteiger partial charge on any atom is 0.255 e. The second-order valence-corrected chi connectivity index (χ2v) is 9.28. The van der Waals surface area contributed by atoms with Crippen LogP contribution in [0.2, 0.25) is 0 Å². The number of hydrogen-bond donors (Lipinski definition) is 2. The van der Waals surface area contributed by atoms with E-state index in [0.29, 0.717) is 17.7 Å². The largest absolute Gasteiger partial charge is 0.351 e. The quantitative estimate of drug-likeness (QED) is 0.580. The van der Waals surface area contributed by atoms with Crippen LogP contribution in [0.25, 0.3) is 0 Å². The molecule has 0 aliphatic carbocycles. The Morgan fingerprint density at radius 1 is 1.00 bits per heavy atom. The normalized spacial score (nSPS) is 11.1. The third-order valence-corrected chi connectivity index (χ3v) is 6.01. The first-order valence-corrected chi connectivity index (χ1v) is 11.6. The van der Waals surface area contributed by atoms with E-state index in [4.69, 9.17) is 0 Å². The predicted molar refractivity (Wildman–Crippen MR) is 116 cm³/mol. The molecule has 7 heteroatoms. The minimum Gasteiger partial charge on any atom is -0.351 e. The number of amides is 2. The average molecular weight is 417 g/mol. The summed E-state index contributed by atoms with van der Waals surface area (Å²) in [4.78, 5) is 24.3. The van der Waals surface area contributed by atoms with Gasteiger partial charge in [-0.25, -0.2) is 8.42 Å². The van der Waals surface area contributed by atoms with Gasteiger partial charge in [0.25, 0.3) is 5.91 Å². The average Bonchev–Trinajstić information content (AvgIpc) is 2.67. The van der Waals surface area contributed by atoms with Crippen LogP contribution in [0.15, 0.2) is 48.5 Å². The lowest BCUT2D eigenvalue weighted by Gasteiger charge is -2.09. The molecule has 156 valence electrons. The van der Waals surface area contributed by atoms with E-state index in [1.807, 2.05) is 26.0 Å². The third kappa shape index (κ3) is 8.07. The molecule has 0 radical (unpaired) electrons. The topological polar surface area (TPSA) is 92.3 Å². The minimum absolute atomic E-state index is 0.0365. The van der Waals surface area contributed by atoms with E-state index in [2.05, 4.69) is 10.6 Å². The van der Waals surface area contributed by atoms with Crippen molar-refractivity contribution < 1.29 is 18.0 Å². The maximum atomic E-state index is 12.3. The molecule has 0 saturated carbocycles. The van der Waals surface area contributed by atoms with Gasteiger partial charge in [-0.15, -0.1) is 0 Å². The Morgan fingerprint density at radius 3 is 2.41 bits per heavy atom. The Bertz CT molecular complexity index is 938. The van der Waals surface area contributed by atoms with Crippen molar-refractivity contribution in [3.05, 3.63) is 65.2 Å². The molecule has 2 amide bonds. The molecule has 2 aromatic rings. The van der Waals surface area contributed by atoms with Crippen molar-refractivity contribution in [2.24, 2.45) is 0 Å². The lowest BCUT2D eigenvalue weighted by molar-refractivity contribution is -0.118. The minimum atomic E-state index is -3.38. The summed E-state index contributed by atoms with van der Waals surface area (Å²) in [5.74, 6) is -1.20. The zero-order valence-corrected chi connectivity index (χ0v) is 17.7. The second-order valence-electron chi connectivity index (χ2n) is 7.10. The van der Waals surface area contributed by atoms with E-state index in [0.717, 1.165) is 24.0 Å². The van der Waals surface area contributed by atoms with E-state index < -0.39 is 21.5 Å². The molecule has 0 atom stereocenters. The van der Waals surface area contributed by atoms with Gasteiger partial charge in [0.1, 0.15) is 5.75 Å². The third-order valence-electron chi connectivity index (χ3n) is 4.40. The number of carbonyl (C=O) groups is 2. The Kier molecular flexibility index (Phi) is 8.39. The van der Waals surface area contributed by atoms with Gasteiger partial charge >= 0.3 is 0 Å². The van der Waals surface area contributed by atoms with E-state index in [1.54, 1.807) is 36.4 Å². The van der Waals surface area contributed by atoms with Gasteiger partial charge in [-0.2, -0.15) is 0 Å². The van der Waals surface area contributed by atoms with Gasteiger partial charge in [-0.05, 0) is 43.2 Å². The molecule has 0 fully saturated rings. The molecule has 0 unspecified atom stereocenters. The first kappa shape index (κ1) is 22.6. The smallest absolute Gasteiger partial charge is 0.255 e. The van der Waals surface area contributed by atoms with Crippen LogP contribution in [0.1, 0.15) is 47.7 Å². The molecule has 0 aliphatic heterocycles. The molecule has 0 heterocycles. The number of unbranched alkanes of at least 4 members (excludes halogenated alkanes) is 2. The fourth-order valence-corrected chi connectivity index (χ4v) is 4.05. The molecule has 0 saturated heterocycles. The van der Waals surface area contributed by atoms with Crippen LogP contribution in [0.5, 0.6) is 0 Å². The summed E-state index contributed by atoms with van der Waals surface area (Å²) in [5, 5.41) is 5.46. The zero-order chi connectivity index (χ0) is 21.3. The van der Waals surface area contributed by atoms with Gasteiger partial charge in [-0.1, -0.05) is 49.6 Å². The maximum absolute atomic E-state index is 12.3. The van der Waals surface area contributed by atoms with Crippen LogP contribution >= 0.6 is 0 Å². The molecule has 0 aliphatic rings. The number of nitrogens with one attached hydrogen (secondary N) is 2. The number of carbonyl (C=O) groups excluding carboxylic acids is 2. The van der Waals surface area contributed by atoms with E-state index in [1.165, 1.54) is 0 Å². The van der Waals surface area contributed by atoms with Gasteiger partial charge in [0.15, 0.2) is 9.84 Å². The second kappa shape index (κ2) is 10.8. The highest BCUT2D eigenvalue weighted by molar-refractivity contribution is 7.92.